The van der Waals surface area contributed by atoms with E-state index in [4.69, 9.17) is 16.6 Å². The Balaban J connectivity index is 1.38. The molecule has 0 radical (unpaired) electrons. The standard InChI is InChI=1S/C29H14ClNO4/c30-22-7-3-6-17-25(22)29(35)19-10-14-8-13-9-18-20(11-23(13)31-24(14)12-21(19)28(17)34)27(33)16-5-2-1-4-15(16)26(18)32/h1-8,10-11H,9,12H2. The zero-order valence-corrected chi connectivity index (χ0v) is 18.9. The van der Waals surface area contributed by atoms with Crippen molar-refractivity contribution in [2.45, 2.75) is 12.8 Å². The monoisotopic (exact) mass is 475 g/mol. The van der Waals surface area contributed by atoms with Crippen LogP contribution in [0.15, 0.2) is 70.8 Å². The lowest BCUT2D eigenvalue weighted by Crippen LogP contribution is -2.35. The predicted molar refractivity (Wildman–Crippen MR) is 129 cm³/mol. The number of hydrogen-bond donors (Lipinski definition) is 0. The minimum atomic E-state index is -0.273. The van der Waals surface area contributed by atoms with Gasteiger partial charge in [0, 0.05) is 51.8 Å². The van der Waals surface area contributed by atoms with Crippen molar-refractivity contribution in [2.24, 2.45) is 0 Å². The first-order valence-corrected chi connectivity index (χ1v) is 11.5. The summed E-state index contributed by atoms with van der Waals surface area (Å²) in [5, 5.41) is 1.59. The molecular formula is C29H14ClNO4. The summed E-state index contributed by atoms with van der Waals surface area (Å²) in [6.45, 7) is 0. The number of aromatic nitrogens is 1. The van der Waals surface area contributed by atoms with E-state index in [0.29, 0.717) is 50.0 Å². The molecule has 4 aliphatic carbocycles. The Bertz CT molecular complexity index is 1820. The molecule has 1 aromatic heterocycles. The first kappa shape index (κ1) is 20.2. The minimum absolute atomic E-state index is 0.150. The molecule has 0 atom stereocenters. The van der Waals surface area contributed by atoms with Crippen LogP contribution in [0.25, 0.3) is 12.2 Å². The number of carbonyl (C=O) groups excluding carboxylic acids is 4. The molecule has 0 fully saturated rings. The molecule has 5 nitrogen and oxygen atoms in total. The summed E-state index contributed by atoms with van der Waals surface area (Å²) in [5.41, 5.74) is 4.40. The maximum atomic E-state index is 13.3. The largest absolute Gasteiger partial charge is 0.289 e. The molecule has 35 heavy (non-hydrogen) atoms. The van der Waals surface area contributed by atoms with Crippen molar-refractivity contribution in [2.75, 3.05) is 0 Å². The van der Waals surface area contributed by atoms with E-state index in [9.17, 15) is 19.2 Å². The first-order valence-electron chi connectivity index (χ1n) is 11.2. The number of carbonyl (C=O) groups is 4. The first-order chi connectivity index (χ1) is 16.9. The van der Waals surface area contributed by atoms with E-state index in [-0.39, 0.29) is 46.6 Å². The number of nitrogens with zero attached hydrogens (tertiary/aromatic N) is 1. The van der Waals surface area contributed by atoms with Gasteiger partial charge in [-0.05, 0) is 35.1 Å². The number of benzene rings is 2. The van der Waals surface area contributed by atoms with Gasteiger partial charge in [0.1, 0.15) is 0 Å². The Morgan fingerprint density at radius 3 is 2.14 bits per heavy atom. The number of allylic oxidation sites excluding steroid dienone is 4. The van der Waals surface area contributed by atoms with E-state index in [1.807, 2.05) is 6.07 Å². The quantitative estimate of drug-likeness (QED) is 0.499. The van der Waals surface area contributed by atoms with E-state index in [2.05, 4.69) is 0 Å². The van der Waals surface area contributed by atoms with Crippen molar-refractivity contribution in [1.29, 1.82) is 0 Å². The van der Waals surface area contributed by atoms with Crippen LogP contribution in [0.3, 0.4) is 0 Å². The molecule has 0 N–H and O–H groups in total. The summed E-state index contributed by atoms with van der Waals surface area (Å²) in [4.78, 5) is 57.5. The van der Waals surface area contributed by atoms with Gasteiger partial charge < -0.3 is 0 Å². The van der Waals surface area contributed by atoms with Gasteiger partial charge in [-0.1, -0.05) is 48.0 Å². The van der Waals surface area contributed by atoms with Gasteiger partial charge in [-0.15, -0.1) is 0 Å². The lowest BCUT2D eigenvalue weighted by atomic mass is 9.78. The number of hydrogen-bond acceptors (Lipinski definition) is 5. The van der Waals surface area contributed by atoms with Gasteiger partial charge in [-0.3, -0.25) is 24.2 Å². The average molecular weight is 476 g/mol. The third-order valence-corrected chi connectivity index (χ3v) is 7.44. The van der Waals surface area contributed by atoms with E-state index in [1.54, 1.807) is 54.6 Å². The average Bonchev–Trinajstić information content (AvgIpc) is 2.87. The highest BCUT2D eigenvalue weighted by atomic mass is 35.5. The topological polar surface area (TPSA) is 81.2 Å². The Hall–Kier alpha value is -4.22. The Kier molecular flexibility index (Phi) is 3.98. The van der Waals surface area contributed by atoms with Crippen molar-refractivity contribution < 1.29 is 19.2 Å². The van der Waals surface area contributed by atoms with Gasteiger partial charge in [0.25, 0.3) is 0 Å². The molecule has 0 amide bonds. The number of ketones is 4. The number of Topliss-reactive ketones (excluding diaryl/α,β-unsaturated/α-hetero) is 4. The lowest BCUT2D eigenvalue weighted by molar-refractivity contribution is 0.0976. The summed E-state index contributed by atoms with van der Waals surface area (Å²) in [7, 11) is 0. The van der Waals surface area contributed by atoms with E-state index < -0.39 is 0 Å². The third kappa shape index (κ3) is 2.67. The van der Waals surface area contributed by atoms with E-state index in [0.717, 1.165) is 10.8 Å². The second kappa shape index (κ2) is 6.90. The van der Waals surface area contributed by atoms with Gasteiger partial charge in [0.15, 0.2) is 23.1 Å². The second-order valence-electron chi connectivity index (χ2n) is 9.02. The van der Waals surface area contributed by atoms with Crippen molar-refractivity contribution in [3.8, 4) is 0 Å². The van der Waals surface area contributed by atoms with Gasteiger partial charge in [0.2, 0.25) is 0 Å². The van der Waals surface area contributed by atoms with Gasteiger partial charge in [-0.25, -0.2) is 0 Å². The van der Waals surface area contributed by atoms with Crippen LogP contribution >= 0.6 is 11.6 Å². The summed E-state index contributed by atoms with van der Waals surface area (Å²) < 4.78 is 0. The normalized spacial score (nSPS) is 17.5. The van der Waals surface area contributed by atoms with Gasteiger partial charge >= 0.3 is 0 Å². The molecule has 0 bridgehead atoms. The number of fused-ring (bicyclic) bond motifs is 4. The fourth-order valence-corrected chi connectivity index (χ4v) is 5.67. The molecule has 0 saturated heterocycles. The predicted octanol–water partition coefficient (Wildman–Crippen LogP) is 3.16. The molecule has 1 heterocycles. The van der Waals surface area contributed by atoms with Gasteiger partial charge in [0.05, 0.1) is 21.6 Å². The van der Waals surface area contributed by atoms with Crippen molar-refractivity contribution in [1.82, 2.24) is 4.98 Å². The summed E-state index contributed by atoms with van der Waals surface area (Å²) in [6, 6.07) is 13.6. The highest BCUT2D eigenvalue weighted by Gasteiger charge is 2.36. The molecule has 4 aliphatic rings. The number of halogens is 1. The molecule has 6 heteroatoms. The van der Waals surface area contributed by atoms with Crippen LogP contribution < -0.4 is 10.6 Å². The van der Waals surface area contributed by atoms with Crippen molar-refractivity contribution >= 4 is 46.9 Å². The van der Waals surface area contributed by atoms with E-state index >= 15 is 0 Å². The maximum absolute atomic E-state index is 13.3. The molecule has 166 valence electrons. The zero-order chi connectivity index (χ0) is 24.0. The molecule has 0 unspecified atom stereocenters. The molecule has 0 spiro atoms. The molecule has 3 aromatic rings. The third-order valence-electron chi connectivity index (χ3n) is 7.13. The number of rotatable bonds is 0. The molecule has 7 rings (SSSR count). The second-order valence-corrected chi connectivity index (χ2v) is 9.43. The smallest absolute Gasteiger partial charge is 0.195 e. The highest BCUT2D eigenvalue weighted by molar-refractivity contribution is 6.39. The Morgan fingerprint density at radius 1 is 0.686 bits per heavy atom. The summed E-state index contributed by atoms with van der Waals surface area (Å²) >= 11 is 6.26. The molecule has 2 aromatic carbocycles. The number of pyridine rings is 1. The lowest BCUT2D eigenvalue weighted by Gasteiger charge is -2.25. The Labute approximate surface area is 203 Å². The fourth-order valence-electron chi connectivity index (χ4n) is 5.41. The fraction of sp³-hybridized carbons (Fsp3) is 0.0690. The highest BCUT2D eigenvalue weighted by Crippen LogP contribution is 2.34. The zero-order valence-electron chi connectivity index (χ0n) is 18.1. The summed E-state index contributed by atoms with van der Waals surface area (Å²) in [5.74, 6) is -0.830. The molecule has 0 aliphatic heterocycles. The van der Waals surface area contributed by atoms with Crippen LogP contribution in [-0.2, 0) is 12.8 Å². The molecular weight excluding hydrogens is 462 g/mol. The van der Waals surface area contributed by atoms with Crippen LogP contribution in [0.2, 0.25) is 5.02 Å². The Morgan fingerprint density at radius 2 is 1.34 bits per heavy atom. The van der Waals surface area contributed by atoms with Crippen molar-refractivity contribution in [3.05, 3.63) is 120 Å². The van der Waals surface area contributed by atoms with Crippen LogP contribution in [0.4, 0.5) is 0 Å². The van der Waals surface area contributed by atoms with Crippen molar-refractivity contribution in [3.63, 3.8) is 0 Å². The molecule has 0 saturated carbocycles. The van der Waals surface area contributed by atoms with E-state index in [1.165, 1.54) is 0 Å². The SMILES string of the molecule is O=C1C2=C(Cc3cc4c(nc3=C2)CC2=C(C=4)C(=O)c3c(Cl)cccc3C2=O)C(=O)c2ccccc21. The van der Waals surface area contributed by atoms with Crippen LogP contribution in [0.1, 0.15) is 52.7 Å². The minimum Gasteiger partial charge on any atom is -0.289 e. The van der Waals surface area contributed by atoms with Crippen LogP contribution in [0.5, 0.6) is 0 Å². The summed E-state index contributed by atoms with van der Waals surface area (Å²) in [6.07, 6.45) is 3.86. The van der Waals surface area contributed by atoms with Crippen LogP contribution in [0, 0.1) is 0 Å². The van der Waals surface area contributed by atoms with Gasteiger partial charge in [-0.2, -0.15) is 0 Å². The maximum Gasteiger partial charge on any atom is 0.195 e. The van der Waals surface area contributed by atoms with Crippen LogP contribution in [-0.4, -0.2) is 28.1 Å².